The van der Waals surface area contributed by atoms with E-state index < -0.39 is 0 Å². The van der Waals surface area contributed by atoms with Crippen LogP contribution in [-0.2, 0) is 4.74 Å². The molecular formula is C16H24FNO2. The molecule has 1 saturated heterocycles. The van der Waals surface area contributed by atoms with E-state index in [0.717, 1.165) is 31.4 Å². The minimum Gasteiger partial charge on any atom is -0.494 e. The van der Waals surface area contributed by atoms with Gasteiger partial charge >= 0.3 is 0 Å². The molecule has 1 fully saturated rings. The van der Waals surface area contributed by atoms with E-state index in [1.54, 1.807) is 12.1 Å². The van der Waals surface area contributed by atoms with Crippen LogP contribution in [0.25, 0.3) is 0 Å². The summed E-state index contributed by atoms with van der Waals surface area (Å²) in [6.07, 6.45) is 3.43. The molecule has 112 valence electrons. The van der Waals surface area contributed by atoms with Gasteiger partial charge in [-0.3, -0.25) is 0 Å². The summed E-state index contributed by atoms with van der Waals surface area (Å²) in [5.41, 5.74) is 0.947. The van der Waals surface area contributed by atoms with Gasteiger partial charge in [0.15, 0.2) is 11.6 Å². The van der Waals surface area contributed by atoms with E-state index in [-0.39, 0.29) is 17.6 Å². The van der Waals surface area contributed by atoms with E-state index in [1.165, 1.54) is 7.11 Å². The smallest absolute Gasteiger partial charge is 0.165 e. The van der Waals surface area contributed by atoms with E-state index >= 15 is 0 Å². The van der Waals surface area contributed by atoms with Crippen molar-refractivity contribution in [3.8, 4) is 5.75 Å². The first-order valence-corrected chi connectivity index (χ1v) is 7.35. The number of benzene rings is 1. The number of hydrogen-bond donors (Lipinski definition) is 1. The van der Waals surface area contributed by atoms with Gasteiger partial charge in [0.25, 0.3) is 0 Å². The van der Waals surface area contributed by atoms with Crippen LogP contribution in [0.15, 0.2) is 18.2 Å². The predicted octanol–water partition coefficient (Wildman–Crippen LogP) is 3.44. The fourth-order valence-electron chi connectivity index (χ4n) is 2.72. The summed E-state index contributed by atoms with van der Waals surface area (Å²) in [6.45, 7) is 5.02. The Hall–Kier alpha value is -1.13. The van der Waals surface area contributed by atoms with Crippen molar-refractivity contribution < 1.29 is 13.9 Å². The molecule has 1 heterocycles. The second kappa shape index (κ2) is 7.04. The SMILES string of the molecule is CCC1CC(NC(C)c2ccc(OC)c(F)c2)CCO1. The molecule has 3 unspecified atom stereocenters. The van der Waals surface area contributed by atoms with E-state index in [4.69, 9.17) is 9.47 Å². The highest BCUT2D eigenvalue weighted by atomic mass is 19.1. The third kappa shape index (κ3) is 3.70. The maximum absolute atomic E-state index is 13.7. The van der Waals surface area contributed by atoms with E-state index in [9.17, 15) is 4.39 Å². The average molecular weight is 281 g/mol. The number of halogens is 1. The summed E-state index contributed by atoms with van der Waals surface area (Å²) in [5.74, 6) is -0.0184. The van der Waals surface area contributed by atoms with Gasteiger partial charge in [-0.05, 0) is 43.9 Å². The molecular weight excluding hydrogens is 257 g/mol. The van der Waals surface area contributed by atoms with Gasteiger partial charge in [-0.25, -0.2) is 4.39 Å². The summed E-state index contributed by atoms with van der Waals surface area (Å²) < 4.78 is 24.4. The summed E-state index contributed by atoms with van der Waals surface area (Å²) in [5, 5.41) is 3.58. The van der Waals surface area contributed by atoms with Crippen molar-refractivity contribution in [3.05, 3.63) is 29.6 Å². The zero-order valence-electron chi connectivity index (χ0n) is 12.5. The van der Waals surface area contributed by atoms with Crippen molar-refractivity contribution >= 4 is 0 Å². The Labute approximate surface area is 120 Å². The predicted molar refractivity (Wildman–Crippen MR) is 77.6 cm³/mol. The second-order valence-corrected chi connectivity index (χ2v) is 5.40. The first-order valence-electron chi connectivity index (χ1n) is 7.35. The van der Waals surface area contributed by atoms with Crippen molar-refractivity contribution in [3.63, 3.8) is 0 Å². The number of nitrogens with one attached hydrogen (secondary N) is 1. The van der Waals surface area contributed by atoms with E-state index in [0.29, 0.717) is 12.1 Å². The molecule has 1 N–H and O–H groups in total. The third-order valence-corrected chi connectivity index (χ3v) is 3.98. The van der Waals surface area contributed by atoms with Crippen LogP contribution >= 0.6 is 0 Å². The van der Waals surface area contributed by atoms with Gasteiger partial charge in [-0.15, -0.1) is 0 Å². The number of rotatable bonds is 5. The summed E-state index contributed by atoms with van der Waals surface area (Å²) in [6, 6.07) is 5.70. The van der Waals surface area contributed by atoms with Crippen molar-refractivity contribution in [2.75, 3.05) is 13.7 Å². The van der Waals surface area contributed by atoms with Crippen LogP contribution in [0.1, 0.15) is 44.7 Å². The van der Waals surface area contributed by atoms with Crippen LogP contribution in [0.5, 0.6) is 5.75 Å². The monoisotopic (exact) mass is 281 g/mol. The average Bonchev–Trinajstić information content (AvgIpc) is 2.47. The zero-order chi connectivity index (χ0) is 14.5. The molecule has 20 heavy (non-hydrogen) atoms. The first-order chi connectivity index (χ1) is 9.63. The molecule has 2 rings (SSSR count). The lowest BCUT2D eigenvalue weighted by Gasteiger charge is -2.32. The molecule has 1 aliphatic heterocycles. The van der Waals surface area contributed by atoms with Crippen LogP contribution in [0, 0.1) is 5.82 Å². The summed E-state index contributed by atoms with van der Waals surface area (Å²) in [7, 11) is 1.48. The minimum absolute atomic E-state index is 0.121. The Morgan fingerprint density at radius 3 is 2.95 bits per heavy atom. The minimum atomic E-state index is -0.308. The first kappa shape index (κ1) is 15.3. The standard InChI is InChI=1S/C16H24FNO2/c1-4-14-10-13(7-8-20-14)18-11(2)12-5-6-16(19-3)15(17)9-12/h5-6,9,11,13-14,18H,4,7-8,10H2,1-3H3. The Kier molecular flexibility index (Phi) is 5.38. The van der Waals surface area contributed by atoms with Gasteiger partial charge in [0, 0.05) is 18.7 Å². The third-order valence-electron chi connectivity index (χ3n) is 3.98. The topological polar surface area (TPSA) is 30.5 Å². The lowest BCUT2D eigenvalue weighted by atomic mass is 9.99. The summed E-state index contributed by atoms with van der Waals surface area (Å²) >= 11 is 0. The van der Waals surface area contributed by atoms with Crippen molar-refractivity contribution in [1.29, 1.82) is 0 Å². The van der Waals surface area contributed by atoms with Crippen LogP contribution in [0.4, 0.5) is 4.39 Å². The largest absolute Gasteiger partial charge is 0.494 e. The van der Waals surface area contributed by atoms with Gasteiger partial charge < -0.3 is 14.8 Å². The molecule has 0 aromatic heterocycles. The molecule has 0 amide bonds. The Balaban J connectivity index is 1.97. The van der Waals surface area contributed by atoms with Crippen molar-refractivity contribution in [2.45, 2.75) is 51.3 Å². The van der Waals surface area contributed by atoms with Crippen molar-refractivity contribution in [1.82, 2.24) is 5.32 Å². The molecule has 0 aliphatic carbocycles. The van der Waals surface area contributed by atoms with Crippen LogP contribution in [0.3, 0.4) is 0 Å². The van der Waals surface area contributed by atoms with Crippen LogP contribution < -0.4 is 10.1 Å². The quantitative estimate of drug-likeness (QED) is 0.896. The fraction of sp³-hybridized carbons (Fsp3) is 0.625. The summed E-state index contributed by atoms with van der Waals surface area (Å²) in [4.78, 5) is 0. The molecule has 1 aliphatic rings. The highest BCUT2D eigenvalue weighted by Gasteiger charge is 2.23. The number of methoxy groups -OCH3 is 1. The molecule has 0 bridgehead atoms. The fourth-order valence-corrected chi connectivity index (χ4v) is 2.72. The highest BCUT2D eigenvalue weighted by Crippen LogP contribution is 2.24. The molecule has 4 heteroatoms. The van der Waals surface area contributed by atoms with Gasteiger partial charge in [-0.2, -0.15) is 0 Å². The van der Waals surface area contributed by atoms with Gasteiger partial charge in [0.2, 0.25) is 0 Å². The molecule has 0 saturated carbocycles. The maximum Gasteiger partial charge on any atom is 0.165 e. The van der Waals surface area contributed by atoms with E-state index in [2.05, 4.69) is 19.2 Å². The van der Waals surface area contributed by atoms with Gasteiger partial charge in [0.1, 0.15) is 0 Å². The Morgan fingerprint density at radius 2 is 2.30 bits per heavy atom. The Bertz CT molecular complexity index is 438. The van der Waals surface area contributed by atoms with Crippen LogP contribution in [-0.4, -0.2) is 25.9 Å². The zero-order valence-corrected chi connectivity index (χ0v) is 12.5. The lowest BCUT2D eigenvalue weighted by molar-refractivity contribution is -0.00166. The lowest BCUT2D eigenvalue weighted by Crippen LogP contribution is -2.39. The maximum atomic E-state index is 13.7. The van der Waals surface area contributed by atoms with Gasteiger partial charge in [0.05, 0.1) is 13.2 Å². The normalized spacial score (nSPS) is 24.4. The van der Waals surface area contributed by atoms with Crippen LogP contribution in [0.2, 0.25) is 0 Å². The molecule has 0 radical (unpaired) electrons. The molecule has 1 aromatic rings. The number of hydrogen-bond acceptors (Lipinski definition) is 3. The second-order valence-electron chi connectivity index (χ2n) is 5.40. The Morgan fingerprint density at radius 1 is 1.50 bits per heavy atom. The molecule has 3 atom stereocenters. The van der Waals surface area contributed by atoms with Crippen molar-refractivity contribution in [2.24, 2.45) is 0 Å². The van der Waals surface area contributed by atoms with E-state index in [1.807, 2.05) is 6.07 Å². The van der Waals surface area contributed by atoms with Gasteiger partial charge in [-0.1, -0.05) is 13.0 Å². The molecule has 1 aromatic carbocycles. The molecule has 0 spiro atoms. The number of ether oxygens (including phenoxy) is 2. The molecule has 3 nitrogen and oxygen atoms in total. The highest BCUT2D eigenvalue weighted by molar-refractivity contribution is 5.30.